The minimum atomic E-state index is -0.699. The maximum absolute atomic E-state index is 12.5. The summed E-state index contributed by atoms with van der Waals surface area (Å²) < 4.78 is 5.06. The van der Waals surface area contributed by atoms with Crippen LogP contribution in [0.25, 0.3) is 0 Å². The van der Waals surface area contributed by atoms with Crippen LogP contribution < -0.4 is 0 Å². The van der Waals surface area contributed by atoms with Crippen molar-refractivity contribution in [2.45, 2.75) is 0 Å². The molecule has 5 nitrogen and oxygen atoms in total. The Bertz CT molecular complexity index is 866. The first kappa shape index (κ1) is 15.9. The summed E-state index contributed by atoms with van der Waals surface area (Å²) in [5, 5.41) is 1.79. The van der Waals surface area contributed by atoms with Crippen molar-refractivity contribution in [2.75, 3.05) is 6.61 Å². The van der Waals surface area contributed by atoms with Crippen LogP contribution in [-0.2, 0) is 4.74 Å². The van der Waals surface area contributed by atoms with Crippen molar-refractivity contribution in [1.29, 1.82) is 0 Å². The quantitative estimate of drug-likeness (QED) is 0.552. The molecular weight excluding hydrogens is 326 g/mol. The fourth-order valence-corrected chi connectivity index (χ4v) is 2.87. The van der Waals surface area contributed by atoms with E-state index in [4.69, 9.17) is 4.74 Å². The zero-order valence-corrected chi connectivity index (χ0v) is 13.3. The van der Waals surface area contributed by atoms with Crippen LogP contribution in [0.3, 0.4) is 0 Å². The first-order chi connectivity index (χ1) is 11.7. The number of rotatable bonds is 6. The van der Waals surface area contributed by atoms with E-state index in [1.807, 2.05) is 0 Å². The number of Topliss-reactive ketones (excluding diaryl/α,β-unsaturated/α-hetero) is 1. The van der Waals surface area contributed by atoms with Crippen LogP contribution in [0.2, 0.25) is 0 Å². The van der Waals surface area contributed by atoms with Gasteiger partial charge in [-0.1, -0.05) is 24.3 Å². The Morgan fingerprint density at radius 3 is 2.42 bits per heavy atom. The largest absolute Gasteiger partial charge is 0.454 e. The van der Waals surface area contributed by atoms with E-state index >= 15 is 0 Å². The van der Waals surface area contributed by atoms with Crippen LogP contribution in [0.15, 0.2) is 60.1 Å². The standard InChI is InChI=1S/C18H13NO4S/c20-15(14-7-3-9-19-14)11-23-18(22)13-6-2-1-5-12(13)17(21)16-8-4-10-24-16/h1-10,19H,11H2. The number of thiophene rings is 1. The van der Waals surface area contributed by atoms with Crippen molar-refractivity contribution >= 4 is 28.9 Å². The van der Waals surface area contributed by atoms with Crippen LogP contribution in [0.1, 0.15) is 36.1 Å². The van der Waals surface area contributed by atoms with E-state index in [9.17, 15) is 14.4 Å². The Kier molecular flexibility index (Phi) is 4.67. The lowest BCUT2D eigenvalue weighted by Crippen LogP contribution is -2.17. The van der Waals surface area contributed by atoms with Crippen LogP contribution in [0, 0.1) is 0 Å². The van der Waals surface area contributed by atoms with Crippen molar-refractivity contribution in [3.8, 4) is 0 Å². The van der Waals surface area contributed by atoms with Gasteiger partial charge in [0.05, 0.1) is 16.1 Å². The maximum atomic E-state index is 12.5. The number of carbonyl (C=O) groups is 3. The number of ketones is 2. The number of benzene rings is 1. The van der Waals surface area contributed by atoms with Gasteiger partial charge in [-0.15, -0.1) is 11.3 Å². The highest BCUT2D eigenvalue weighted by Crippen LogP contribution is 2.19. The zero-order valence-electron chi connectivity index (χ0n) is 12.5. The Morgan fingerprint density at radius 2 is 1.75 bits per heavy atom. The van der Waals surface area contributed by atoms with Gasteiger partial charge in [0.15, 0.2) is 6.61 Å². The lowest BCUT2D eigenvalue weighted by molar-refractivity contribution is 0.0472. The maximum Gasteiger partial charge on any atom is 0.339 e. The molecule has 2 aromatic heterocycles. The van der Waals surface area contributed by atoms with Crippen molar-refractivity contribution in [3.63, 3.8) is 0 Å². The van der Waals surface area contributed by atoms with Crippen LogP contribution >= 0.6 is 11.3 Å². The topological polar surface area (TPSA) is 76.2 Å². The molecule has 0 aliphatic carbocycles. The minimum absolute atomic E-state index is 0.148. The van der Waals surface area contributed by atoms with Crippen LogP contribution in [-0.4, -0.2) is 29.1 Å². The zero-order chi connectivity index (χ0) is 16.9. The number of nitrogens with one attached hydrogen (secondary N) is 1. The third-order valence-electron chi connectivity index (χ3n) is 3.37. The van der Waals surface area contributed by atoms with E-state index in [-0.39, 0.29) is 29.3 Å². The third kappa shape index (κ3) is 3.33. The fourth-order valence-electron chi connectivity index (χ4n) is 2.19. The van der Waals surface area contributed by atoms with E-state index in [1.165, 1.54) is 17.4 Å². The van der Waals surface area contributed by atoms with E-state index < -0.39 is 5.97 Å². The smallest absolute Gasteiger partial charge is 0.339 e. The number of hydrogen-bond donors (Lipinski definition) is 1. The predicted octanol–water partition coefficient (Wildman–Crippen LogP) is 3.35. The fraction of sp³-hybridized carbons (Fsp3) is 0.0556. The summed E-state index contributed by atoms with van der Waals surface area (Å²) in [7, 11) is 0. The van der Waals surface area contributed by atoms with Gasteiger partial charge < -0.3 is 9.72 Å². The molecule has 120 valence electrons. The lowest BCUT2D eigenvalue weighted by atomic mass is 10.0. The summed E-state index contributed by atoms with van der Waals surface area (Å²) in [5.41, 5.74) is 0.776. The highest BCUT2D eigenvalue weighted by molar-refractivity contribution is 7.12. The molecule has 0 aliphatic rings. The van der Waals surface area contributed by atoms with E-state index in [0.29, 0.717) is 10.6 Å². The number of esters is 1. The van der Waals surface area contributed by atoms with Crippen molar-refractivity contribution < 1.29 is 19.1 Å². The molecule has 0 radical (unpaired) electrons. The first-order valence-electron chi connectivity index (χ1n) is 7.18. The number of aromatic nitrogens is 1. The number of carbonyl (C=O) groups excluding carboxylic acids is 3. The van der Waals surface area contributed by atoms with Crippen molar-refractivity contribution in [1.82, 2.24) is 4.98 Å². The van der Waals surface area contributed by atoms with Crippen LogP contribution in [0.5, 0.6) is 0 Å². The van der Waals surface area contributed by atoms with Gasteiger partial charge in [-0.2, -0.15) is 0 Å². The Labute approximate surface area is 141 Å². The van der Waals surface area contributed by atoms with Gasteiger partial charge in [0.25, 0.3) is 0 Å². The molecule has 1 N–H and O–H groups in total. The number of H-pyrrole nitrogens is 1. The molecule has 0 atom stereocenters. The molecule has 0 aliphatic heterocycles. The highest BCUT2D eigenvalue weighted by Gasteiger charge is 2.20. The molecule has 0 fully saturated rings. The van der Waals surface area contributed by atoms with Gasteiger partial charge in [0, 0.05) is 11.8 Å². The molecule has 0 unspecified atom stereocenters. The molecular formula is C18H13NO4S. The first-order valence-corrected chi connectivity index (χ1v) is 8.05. The van der Waals surface area contributed by atoms with Gasteiger partial charge in [-0.3, -0.25) is 9.59 Å². The van der Waals surface area contributed by atoms with Gasteiger partial charge in [0.1, 0.15) is 0 Å². The average Bonchev–Trinajstić information content (AvgIpc) is 3.32. The lowest BCUT2D eigenvalue weighted by Gasteiger charge is -2.08. The molecule has 24 heavy (non-hydrogen) atoms. The predicted molar refractivity (Wildman–Crippen MR) is 89.6 cm³/mol. The summed E-state index contributed by atoms with van der Waals surface area (Å²) >= 11 is 1.30. The number of ether oxygens (including phenoxy) is 1. The normalized spacial score (nSPS) is 10.3. The monoisotopic (exact) mass is 339 g/mol. The van der Waals surface area contributed by atoms with Gasteiger partial charge >= 0.3 is 5.97 Å². The third-order valence-corrected chi connectivity index (χ3v) is 4.24. The Morgan fingerprint density at radius 1 is 0.958 bits per heavy atom. The van der Waals surface area contributed by atoms with Gasteiger partial charge in [-0.05, 0) is 29.6 Å². The molecule has 0 saturated heterocycles. The van der Waals surface area contributed by atoms with Crippen molar-refractivity contribution in [2.24, 2.45) is 0 Å². The van der Waals surface area contributed by atoms with Crippen molar-refractivity contribution in [3.05, 3.63) is 81.8 Å². The number of hydrogen-bond acceptors (Lipinski definition) is 5. The summed E-state index contributed by atoms with van der Waals surface area (Å²) in [6, 6.07) is 13.2. The summed E-state index contributed by atoms with van der Waals surface area (Å²) in [5.74, 6) is -1.28. The molecule has 2 heterocycles. The summed E-state index contributed by atoms with van der Waals surface area (Å²) in [4.78, 5) is 39.9. The highest BCUT2D eigenvalue weighted by atomic mass is 32.1. The Hall–Kier alpha value is -2.99. The second-order valence-electron chi connectivity index (χ2n) is 4.94. The molecule has 3 aromatic rings. The molecule has 0 amide bonds. The van der Waals surface area contributed by atoms with Gasteiger partial charge in [0.2, 0.25) is 11.6 Å². The minimum Gasteiger partial charge on any atom is -0.454 e. The van der Waals surface area contributed by atoms with E-state index in [0.717, 1.165) is 0 Å². The summed E-state index contributed by atoms with van der Waals surface area (Å²) in [6.07, 6.45) is 1.62. The average molecular weight is 339 g/mol. The molecule has 3 rings (SSSR count). The Balaban J connectivity index is 1.76. The summed E-state index contributed by atoms with van der Waals surface area (Å²) in [6.45, 7) is -0.388. The molecule has 1 aromatic carbocycles. The number of aromatic amines is 1. The second-order valence-corrected chi connectivity index (χ2v) is 5.88. The SMILES string of the molecule is O=C(COC(=O)c1ccccc1C(=O)c1cccs1)c1ccc[nH]1. The van der Waals surface area contributed by atoms with E-state index in [2.05, 4.69) is 4.98 Å². The van der Waals surface area contributed by atoms with Gasteiger partial charge in [-0.25, -0.2) is 4.79 Å². The second kappa shape index (κ2) is 7.06. The molecule has 6 heteroatoms. The molecule has 0 bridgehead atoms. The molecule has 0 saturated carbocycles. The molecule has 0 spiro atoms. The van der Waals surface area contributed by atoms with E-state index in [1.54, 1.807) is 54.0 Å². The van der Waals surface area contributed by atoms with Crippen LogP contribution in [0.4, 0.5) is 0 Å².